The van der Waals surface area contributed by atoms with Crippen LogP contribution in [0, 0.1) is 11.8 Å². The SMILES string of the molecule is CC[C@H](C)[C@@H](C(=O)N[C@@H](Cc1ccccc1)[C@H](O)CN(CC(C)C)S(=O)(=O)c1ccc(OC)cc1)N1CC(=O)N(Cc2ccc3cc(N)ccc3n2)C1=O. The van der Waals surface area contributed by atoms with Crippen LogP contribution in [0.5, 0.6) is 5.75 Å². The number of aliphatic hydroxyl groups is 1. The number of anilines is 1. The van der Waals surface area contributed by atoms with Crippen LogP contribution in [0.4, 0.5) is 10.5 Å². The van der Waals surface area contributed by atoms with Gasteiger partial charge in [0.15, 0.2) is 0 Å². The summed E-state index contributed by atoms with van der Waals surface area (Å²) < 4.78 is 34.3. The van der Waals surface area contributed by atoms with E-state index in [1.165, 1.54) is 28.4 Å². The molecule has 3 aromatic carbocycles. The Bertz CT molecular complexity index is 2050. The highest BCUT2D eigenvalue weighted by Crippen LogP contribution is 2.26. The maximum atomic E-state index is 14.4. The van der Waals surface area contributed by atoms with Crippen molar-refractivity contribution in [1.29, 1.82) is 0 Å². The predicted molar refractivity (Wildman–Crippen MR) is 207 cm³/mol. The number of aromatic nitrogens is 1. The Hall–Kier alpha value is -5.05. The molecule has 5 rings (SSSR count). The van der Waals surface area contributed by atoms with Gasteiger partial charge in [-0.05, 0) is 72.4 Å². The third kappa shape index (κ3) is 9.35. The Labute approximate surface area is 317 Å². The van der Waals surface area contributed by atoms with Crippen molar-refractivity contribution in [1.82, 2.24) is 24.4 Å². The quantitative estimate of drug-likeness (QED) is 0.104. The number of imide groups is 1. The number of benzene rings is 3. The molecule has 0 saturated carbocycles. The highest BCUT2D eigenvalue weighted by molar-refractivity contribution is 7.89. The highest BCUT2D eigenvalue weighted by atomic mass is 32.2. The van der Waals surface area contributed by atoms with Crippen molar-refractivity contribution in [3.05, 3.63) is 96.2 Å². The second-order valence-electron chi connectivity index (χ2n) is 14.2. The fourth-order valence-electron chi connectivity index (χ4n) is 6.63. The Morgan fingerprint density at radius 2 is 1.70 bits per heavy atom. The number of nitrogens with one attached hydrogen (secondary N) is 1. The number of methoxy groups -OCH3 is 1. The number of aliphatic hydroxyl groups excluding tert-OH is 1. The van der Waals surface area contributed by atoms with Crippen LogP contribution in [0.2, 0.25) is 0 Å². The van der Waals surface area contributed by atoms with E-state index in [2.05, 4.69) is 10.3 Å². The third-order valence-electron chi connectivity index (χ3n) is 9.71. The molecule has 54 heavy (non-hydrogen) atoms. The van der Waals surface area contributed by atoms with E-state index in [9.17, 15) is 27.9 Å². The van der Waals surface area contributed by atoms with Crippen LogP contribution in [-0.2, 0) is 32.6 Å². The van der Waals surface area contributed by atoms with Crippen LogP contribution < -0.4 is 15.8 Å². The zero-order valence-corrected chi connectivity index (χ0v) is 32.2. The average molecular weight is 759 g/mol. The van der Waals surface area contributed by atoms with Crippen LogP contribution in [0.15, 0.2) is 89.8 Å². The minimum Gasteiger partial charge on any atom is -0.497 e. The van der Waals surface area contributed by atoms with E-state index in [0.29, 0.717) is 29.1 Å². The number of sulfonamides is 1. The first-order valence-electron chi connectivity index (χ1n) is 18.1. The number of nitrogens with zero attached hydrogens (tertiary/aromatic N) is 4. The average Bonchev–Trinajstić information content (AvgIpc) is 3.42. The highest BCUT2D eigenvalue weighted by Gasteiger charge is 2.45. The number of ether oxygens (including phenoxy) is 1. The second kappa shape index (κ2) is 17.4. The molecular weight excluding hydrogens is 709 g/mol. The molecule has 1 aromatic heterocycles. The van der Waals surface area contributed by atoms with Crippen molar-refractivity contribution < 1.29 is 32.6 Å². The number of urea groups is 1. The molecule has 13 nitrogen and oxygen atoms in total. The third-order valence-corrected chi connectivity index (χ3v) is 11.6. The number of carbonyl (C=O) groups excluding carboxylic acids is 3. The van der Waals surface area contributed by atoms with E-state index >= 15 is 0 Å². The van der Waals surface area contributed by atoms with Gasteiger partial charge in [-0.15, -0.1) is 0 Å². The number of hydrogen-bond donors (Lipinski definition) is 3. The lowest BCUT2D eigenvalue weighted by Gasteiger charge is -2.34. The molecule has 1 fully saturated rings. The van der Waals surface area contributed by atoms with E-state index in [1.807, 2.05) is 64.1 Å². The summed E-state index contributed by atoms with van der Waals surface area (Å²) in [5, 5.41) is 15.6. The number of pyridine rings is 1. The molecule has 1 aliphatic rings. The minimum absolute atomic E-state index is 0.0435. The summed E-state index contributed by atoms with van der Waals surface area (Å²) in [6, 6.07) is 21.5. The van der Waals surface area contributed by atoms with Crippen molar-refractivity contribution in [2.24, 2.45) is 11.8 Å². The lowest BCUT2D eigenvalue weighted by molar-refractivity contribution is -0.129. The first kappa shape index (κ1) is 40.1. The van der Waals surface area contributed by atoms with Crippen LogP contribution in [-0.4, -0.2) is 95.4 Å². The van der Waals surface area contributed by atoms with Gasteiger partial charge in [0.25, 0.3) is 5.91 Å². The maximum Gasteiger partial charge on any atom is 0.328 e. The molecule has 4 aromatic rings. The van der Waals surface area contributed by atoms with Gasteiger partial charge in [0.05, 0.1) is 41.9 Å². The molecule has 0 aliphatic carbocycles. The Morgan fingerprint density at radius 1 is 1.00 bits per heavy atom. The van der Waals surface area contributed by atoms with Crippen molar-refractivity contribution in [2.45, 2.75) is 70.2 Å². The minimum atomic E-state index is -4.06. The molecule has 0 radical (unpaired) electrons. The van der Waals surface area contributed by atoms with Gasteiger partial charge in [0.1, 0.15) is 18.3 Å². The number of nitrogens with two attached hydrogens (primary N) is 1. The lowest BCUT2D eigenvalue weighted by Crippen LogP contribution is -2.57. The Balaban J connectivity index is 1.39. The van der Waals surface area contributed by atoms with Crippen LogP contribution in [0.1, 0.15) is 45.4 Å². The number of rotatable bonds is 17. The largest absolute Gasteiger partial charge is 0.497 e. The molecule has 14 heteroatoms. The zero-order valence-electron chi connectivity index (χ0n) is 31.4. The molecule has 2 heterocycles. The topological polar surface area (TPSA) is 175 Å². The zero-order chi connectivity index (χ0) is 39.2. The summed E-state index contributed by atoms with van der Waals surface area (Å²) >= 11 is 0. The Kier molecular flexibility index (Phi) is 12.9. The number of amides is 4. The maximum absolute atomic E-state index is 14.4. The molecule has 1 aliphatic heterocycles. The number of carbonyl (C=O) groups is 3. The first-order valence-corrected chi connectivity index (χ1v) is 19.6. The van der Waals surface area contributed by atoms with Gasteiger partial charge in [-0.1, -0.05) is 70.5 Å². The van der Waals surface area contributed by atoms with Gasteiger partial charge >= 0.3 is 6.03 Å². The van der Waals surface area contributed by atoms with Gasteiger partial charge in [0, 0.05) is 24.2 Å². The molecule has 1 saturated heterocycles. The summed E-state index contributed by atoms with van der Waals surface area (Å²) in [5.74, 6) is -0.958. The summed E-state index contributed by atoms with van der Waals surface area (Å²) in [6.45, 7) is 6.91. The van der Waals surface area contributed by atoms with E-state index in [4.69, 9.17) is 10.5 Å². The number of nitrogen functional groups attached to an aromatic ring is 1. The molecule has 4 N–H and O–H groups in total. The number of fused-ring (bicyclic) bond motifs is 1. The molecule has 4 atom stereocenters. The summed E-state index contributed by atoms with van der Waals surface area (Å²) in [6.07, 6.45) is -0.656. The smallest absolute Gasteiger partial charge is 0.328 e. The van der Waals surface area contributed by atoms with Crippen LogP contribution >= 0.6 is 0 Å². The fourth-order valence-corrected chi connectivity index (χ4v) is 8.25. The summed E-state index contributed by atoms with van der Waals surface area (Å²) in [5.41, 5.74) is 8.47. The molecule has 0 spiro atoms. The van der Waals surface area contributed by atoms with Crippen molar-refractivity contribution in [3.8, 4) is 5.75 Å². The fraction of sp³-hybridized carbons (Fsp3) is 0.400. The van der Waals surface area contributed by atoms with E-state index in [-0.39, 0.29) is 49.3 Å². The van der Waals surface area contributed by atoms with E-state index < -0.39 is 46.1 Å². The summed E-state index contributed by atoms with van der Waals surface area (Å²) in [7, 11) is -2.57. The lowest BCUT2D eigenvalue weighted by atomic mass is 9.95. The van der Waals surface area contributed by atoms with E-state index in [0.717, 1.165) is 15.8 Å². The van der Waals surface area contributed by atoms with Gasteiger partial charge < -0.3 is 25.8 Å². The molecule has 4 amide bonds. The number of hydrogen-bond acceptors (Lipinski definition) is 9. The van der Waals surface area contributed by atoms with Gasteiger partial charge in [0.2, 0.25) is 15.9 Å². The van der Waals surface area contributed by atoms with Crippen molar-refractivity contribution in [2.75, 3.05) is 32.5 Å². The molecule has 288 valence electrons. The van der Waals surface area contributed by atoms with Crippen LogP contribution in [0.3, 0.4) is 0 Å². The van der Waals surface area contributed by atoms with Gasteiger partial charge in [-0.2, -0.15) is 4.31 Å². The van der Waals surface area contributed by atoms with Crippen molar-refractivity contribution >= 4 is 44.5 Å². The predicted octanol–water partition coefficient (Wildman–Crippen LogP) is 4.44. The standard InChI is InChI=1S/C40H50N6O7S/c1-6-27(4)38(46-25-37(48)45(40(46)50)23-31-14-12-29-21-30(41)13-19-34(29)42-31)39(49)43-35(20-28-10-8-7-9-11-28)36(47)24-44(22-26(2)3)54(51,52)33-17-15-32(53-5)16-18-33/h7-19,21,26-27,35-36,38,47H,6,20,22-25,41H2,1-5H3,(H,43,49)/t27-,35-,36+,38-/m0/s1. The Morgan fingerprint density at radius 3 is 2.35 bits per heavy atom. The first-order chi connectivity index (χ1) is 25.7. The molecule has 0 unspecified atom stereocenters. The van der Waals surface area contributed by atoms with Crippen molar-refractivity contribution in [3.63, 3.8) is 0 Å². The van der Waals surface area contributed by atoms with E-state index in [1.54, 1.807) is 36.4 Å². The van der Waals surface area contributed by atoms with Gasteiger partial charge in [-0.25, -0.2) is 13.2 Å². The normalized spacial score (nSPS) is 15.9. The molecular formula is C40H50N6O7S. The summed E-state index contributed by atoms with van der Waals surface area (Å²) in [4.78, 5) is 48.6. The molecule has 0 bridgehead atoms. The van der Waals surface area contributed by atoms with Gasteiger partial charge in [-0.3, -0.25) is 19.5 Å². The monoisotopic (exact) mass is 758 g/mol. The van der Waals surface area contributed by atoms with Crippen LogP contribution in [0.25, 0.3) is 10.9 Å². The second-order valence-corrected chi connectivity index (χ2v) is 16.2.